The summed E-state index contributed by atoms with van der Waals surface area (Å²) in [7, 11) is -2.66. The lowest BCUT2D eigenvalue weighted by Gasteiger charge is -2.34. The van der Waals surface area contributed by atoms with E-state index in [1.54, 1.807) is 36.2 Å². The molecule has 4 N–H and O–H groups in total. The molecule has 1 radical (unpaired) electrons. The van der Waals surface area contributed by atoms with Gasteiger partial charge >= 0.3 is 0 Å². The van der Waals surface area contributed by atoms with Gasteiger partial charge in [-0.1, -0.05) is 24.3 Å². The van der Waals surface area contributed by atoms with Crippen molar-refractivity contribution in [1.82, 2.24) is 0 Å². The molecular formula is C21H22N2O4PS. The van der Waals surface area contributed by atoms with Gasteiger partial charge in [-0.25, -0.2) is 0 Å². The molecule has 0 bridgehead atoms. The first-order chi connectivity index (χ1) is 13.9. The SMILES string of the molecule is C[P]1(O)OCC(c2ccc(C(=O)Nc3cc(-c4cccs4)ccc3N)cc2)CO1. The third kappa shape index (κ3) is 4.66. The van der Waals surface area contributed by atoms with Crippen molar-refractivity contribution in [3.8, 4) is 10.4 Å². The van der Waals surface area contributed by atoms with E-state index in [2.05, 4.69) is 5.32 Å². The molecule has 2 heterocycles. The van der Waals surface area contributed by atoms with Crippen molar-refractivity contribution in [2.24, 2.45) is 0 Å². The van der Waals surface area contributed by atoms with Crippen LogP contribution in [0.15, 0.2) is 60.0 Å². The summed E-state index contributed by atoms with van der Waals surface area (Å²) in [5.41, 5.74) is 9.70. The van der Waals surface area contributed by atoms with Crippen LogP contribution in [-0.2, 0) is 9.05 Å². The largest absolute Gasteiger partial charge is 0.397 e. The number of amides is 1. The molecule has 151 valence electrons. The van der Waals surface area contributed by atoms with Crippen molar-refractivity contribution < 1.29 is 18.7 Å². The number of nitrogen functional groups attached to an aromatic ring is 1. The maximum atomic E-state index is 12.7. The summed E-state index contributed by atoms with van der Waals surface area (Å²) in [6.45, 7) is 2.38. The number of hydrogen-bond donors (Lipinski definition) is 3. The molecule has 6 nitrogen and oxygen atoms in total. The van der Waals surface area contributed by atoms with Crippen LogP contribution in [0.4, 0.5) is 11.4 Å². The van der Waals surface area contributed by atoms with Crippen LogP contribution in [0.1, 0.15) is 21.8 Å². The highest BCUT2D eigenvalue weighted by Gasteiger charge is 2.30. The van der Waals surface area contributed by atoms with Crippen molar-refractivity contribution in [2.45, 2.75) is 5.92 Å². The molecule has 0 atom stereocenters. The van der Waals surface area contributed by atoms with Crippen LogP contribution in [0.2, 0.25) is 0 Å². The van der Waals surface area contributed by atoms with E-state index < -0.39 is 7.94 Å². The Morgan fingerprint density at radius 2 is 1.90 bits per heavy atom. The smallest absolute Gasteiger partial charge is 0.255 e. The summed E-state index contributed by atoms with van der Waals surface area (Å²) in [6.07, 6.45) is 0. The van der Waals surface area contributed by atoms with E-state index in [-0.39, 0.29) is 11.8 Å². The van der Waals surface area contributed by atoms with Crippen LogP contribution < -0.4 is 11.1 Å². The van der Waals surface area contributed by atoms with Gasteiger partial charge in [0, 0.05) is 23.0 Å². The van der Waals surface area contributed by atoms with Gasteiger partial charge in [-0.3, -0.25) is 4.79 Å². The Morgan fingerprint density at radius 1 is 1.17 bits per heavy atom. The summed E-state index contributed by atoms with van der Waals surface area (Å²) >= 11 is 1.63. The molecule has 1 saturated heterocycles. The predicted octanol–water partition coefficient (Wildman–Crippen LogP) is 4.76. The Bertz CT molecular complexity index is 996. The molecule has 2 aromatic carbocycles. The summed E-state index contributed by atoms with van der Waals surface area (Å²) in [6, 6.07) is 17.0. The summed E-state index contributed by atoms with van der Waals surface area (Å²) < 4.78 is 10.8. The number of thiophene rings is 1. The first-order valence-corrected chi connectivity index (χ1v) is 12.0. The molecule has 4 rings (SSSR count). The zero-order chi connectivity index (χ0) is 20.4. The van der Waals surface area contributed by atoms with E-state index in [0.717, 1.165) is 16.0 Å². The molecule has 8 heteroatoms. The minimum Gasteiger partial charge on any atom is -0.397 e. The fraction of sp³-hybridized carbons (Fsp3) is 0.190. The van der Waals surface area contributed by atoms with Crippen LogP contribution in [0.3, 0.4) is 0 Å². The molecule has 1 aliphatic rings. The van der Waals surface area contributed by atoms with Gasteiger partial charge in [0.1, 0.15) is 0 Å². The molecular weight excluding hydrogens is 407 g/mol. The lowest BCUT2D eigenvalue weighted by Crippen LogP contribution is -2.21. The zero-order valence-corrected chi connectivity index (χ0v) is 17.6. The summed E-state index contributed by atoms with van der Waals surface area (Å²) in [4.78, 5) is 23.6. The number of anilines is 2. The number of carbonyl (C=O) groups is 1. The second-order valence-corrected chi connectivity index (χ2v) is 10.0. The van der Waals surface area contributed by atoms with Gasteiger partial charge in [-0.2, -0.15) is 0 Å². The average molecular weight is 429 g/mol. The van der Waals surface area contributed by atoms with Crippen LogP contribution in [0.5, 0.6) is 0 Å². The second kappa shape index (κ2) is 8.22. The Hall–Kier alpha value is -2.28. The molecule has 1 amide bonds. The maximum Gasteiger partial charge on any atom is 0.255 e. The summed E-state index contributed by atoms with van der Waals surface area (Å²) in [5.74, 6) is -0.193. The van der Waals surface area contributed by atoms with Gasteiger partial charge in [0.25, 0.3) is 5.91 Å². The minimum atomic E-state index is -2.66. The molecule has 1 aliphatic heterocycles. The molecule has 1 aromatic heterocycles. The van der Waals surface area contributed by atoms with Crippen LogP contribution >= 0.6 is 19.3 Å². The fourth-order valence-electron chi connectivity index (χ4n) is 3.10. The Morgan fingerprint density at radius 3 is 2.55 bits per heavy atom. The second-order valence-electron chi connectivity index (χ2n) is 6.95. The highest BCUT2D eigenvalue weighted by Crippen LogP contribution is 2.56. The molecule has 3 aromatic rings. The van der Waals surface area contributed by atoms with Gasteiger partial charge in [-0.05, 0) is 46.8 Å². The topological polar surface area (TPSA) is 93.8 Å². The minimum absolute atomic E-state index is 0.0328. The maximum absolute atomic E-state index is 12.7. The Kier molecular flexibility index (Phi) is 5.67. The standard InChI is InChI=1S/C21H22N2O4PS/c1-28(25)26-12-17(13-27-28)14-4-6-15(7-5-14)21(24)23-19-11-16(8-9-18(19)22)20-3-2-10-29-20/h2-11,17,25H,12-13,22H2,1H3,(H,23,24). The van der Waals surface area contributed by atoms with E-state index in [9.17, 15) is 9.69 Å². The van der Waals surface area contributed by atoms with Gasteiger partial charge in [0.15, 0.2) is 0 Å². The molecule has 29 heavy (non-hydrogen) atoms. The zero-order valence-electron chi connectivity index (χ0n) is 15.9. The van der Waals surface area contributed by atoms with E-state index in [1.165, 1.54) is 0 Å². The van der Waals surface area contributed by atoms with Crippen LogP contribution in [0, 0.1) is 0 Å². The first-order valence-electron chi connectivity index (χ1n) is 9.14. The average Bonchev–Trinajstić information content (AvgIpc) is 3.25. The number of benzene rings is 2. The quantitative estimate of drug-likeness (QED) is 0.411. The third-order valence-electron chi connectivity index (χ3n) is 4.78. The van der Waals surface area contributed by atoms with Crippen molar-refractivity contribution in [2.75, 3.05) is 30.9 Å². The van der Waals surface area contributed by atoms with Crippen molar-refractivity contribution in [1.29, 1.82) is 0 Å². The fourth-order valence-corrected chi connectivity index (χ4v) is 4.81. The third-order valence-corrected chi connectivity index (χ3v) is 6.96. The number of nitrogens with two attached hydrogens (primary N) is 1. The highest BCUT2D eigenvalue weighted by molar-refractivity contribution is 7.59. The van der Waals surface area contributed by atoms with Gasteiger partial charge < -0.3 is 25.0 Å². The molecule has 0 saturated carbocycles. The molecule has 1 fully saturated rings. The van der Waals surface area contributed by atoms with E-state index in [4.69, 9.17) is 14.8 Å². The van der Waals surface area contributed by atoms with E-state index in [1.807, 2.05) is 41.8 Å². The Balaban J connectivity index is 1.46. The van der Waals surface area contributed by atoms with E-state index in [0.29, 0.717) is 30.2 Å². The highest BCUT2D eigenvalue weighted by atomic mass is 32.1. The number of nitrogens with one attached hydrogen (secondary N) is 1. The van der Waals surface area contributed by atoms with Crippen molar-refractivity contribution in [3.63, 3.8) is 0 Å². The van der Waals surface area contributed by atoms with E-state index >= 15 is 0 Å². The first kappa shape index (κ1) is 20.0. The predicted molar refractivity (Wildman–Crippen MR) is 118 cm³/mol. The van der Waals surface area contributed by atoms with Gasteiger partial charge in [0.2, 0.25) is 7.94 Å². The molecule has 0 aliphatic carbocycles. The molecule has 0 unspecified atom stereocenters. The normalized spacial score (nSPS) is 21.7. The number of carbonyl (C=O) groups excluding carboxylic acids is 1. The Labute approximate surface area is 173 Å². The lowest BCUT2D eigenvalue weighted by atomic mass is 9.99. The van der Waals surface area contributed by atoms with Crippen LogP contribution in [0.25, 0.3) is 10.4 Å². The van der Waals surface area contributed by atoms with Gasteiger partial charge in [-0.15, -0.1) is 11.3 Å². The summed E-state index contributed by atoms with van der Waals surface area (Å²) in [5, 5.41) is 4.91. The molecule has 0 spiro atoms. The van der Waals surface area contributed by atoms with Crippen molar-refractivity contribution in [3.05, 3.63) is 71.1 Å². The van der Waals surface area contributed by atoms with Gasteiger partial charge in [0.05, 0.1) is 24.6 Å². The van der Waals surface area contributed by atoms with Crippen LogP contribution in [-0.4, -0.2) is 30.7 Å². The lowest BCUT2D eigenvalue weighted by molar-refractivity contribution is 0.102. The van der Waals surface area contributed by atoms with Crippen molar-refractivity contribution >= 4 is 36.6 Å². The monoisotopic (exact) mass is 429 g/mol. The number of hydrogen-bond acceptors (Lipinski definition) is 6. The number of rotatable bonds is 4.